The number of benzene rings is 2. The number of aryl methyl sites for hydroxylation is 2. The molecule has 1 aliphatic rings. The van der Waals surface area contributed by atoms with E-state index < -0.39 is 0 Å². The summed E-state index contributed by atoms with van der Waals surface area (Å²) in [5, 5.41) is 5.65. The van der Waals surface area contributed by atoms with Crippen LogP contribution in [0.5, 0.6) is 0 Å². The van der Waals surface area contributed by atoms with Crippen LogP contribution in [-0.4, -0.2) is 43.6 Å². The van der Waals surface area contributed by atoms with Gasteiger partial charge in [-0.25, -0.2) is 4.98 Å². The van der Waals surface area contributed by atoms with Gasteiger partial charge in [-0.2, -0.15) is 5.10 Å². The van der Waals surface area contributed by atoms with Crippen molar-refractivity contribution in [2.45, 2.75) is 38.6 Å². The van der Waals surface area contributed by atoms with Gasteiger partial charge >= 0.3 is 0 Å². The Bertz CT molecular complexity index is 1140. The van der Waals surface area contributed by atoms with Gasteiger partial charge in [0.2, 0.25) is 5.91 Å². The van der Waals surface area contributed by atoms with Crippen LogP contribution >= 0.6 is 0 Å². The third-order valence-corrected chi connectivity index (χ3v) is 6.01. The summed E-state index contributed by atoms with van der Waals surface area (Å²) in [4.78, 5) is 23.1. The Balaban J connectivity index is 1.26. The number of likely N-dealkylation sites (tertiary alicyclic amines) is 1. The summed E-state index contributed by atoms with van der Waals surface area (Å²) >= 11 is 0. The standard InChI is InChI=1S/C23H25N5O/c1-16-6-4-10-21-18(16)14-24-28(21)13-11-22(29)27-12-5-7-17(15-27)23-25-19-8-2-3-9-20(19)26-23/h2-4,6,8-10,14,17H,5,7,11-13,15H2,1H3,(H,25,26). The number of piperidine rings is 1. The van der Waals surface area contributed by atoms with Crippen LogP contribution < -0.4 is 0 Å². The van der Waals surface area contributed by atoms with E-state index in [1.165, 1.54) is 5.56 Å². The second kappa shape index (κ2) is 7.35. The minimum atomic E-state index is 0.196. The molecule has 1 aliphatic heterocycles. The fourth-order valence-corrected chi connectivity index (χ4v) is 4.38. The molecule has 0 saturated carbocycles. The predicted octanol–water partition coefficient (Wildman–Crippen LogP) is 4.02. The van der Waals surface area contributed by atoms with Crippen LogP contribution in [0.25, 0.3) is 21.9 Å². The van der Waals surface area contributed by atoms with Crippen LogP contribution in [0.4, 0.5) is 0 Å². The van der Waals surface area contributed by atoms with Crippen molar-refractivity contribution in [1.82, 2.24) is 24.6 Å². The van der Waals surface area contributed by atoms with Crippen molar-refractivity contribution >= 4 is 27.8 Å². The fourth-order valence-electron chi connectivity index (χ4n) is 4.38. The maximum absolute atomic E-state index is 12.9. The number of carbonyl (C=O) groups is 1. The van der Waals surface area contributed by atoms with Gasteiger partial charge in [-0.1, -0.05) is 24.3 Å². The van der Waals surface area contributed by atoms with Crippen molar-refractivity contribution in [3.8, 4) is 0 Å². The van der Waals surface area contributed by atoms with Crippen LogP contribution in [0.3, 0.4) is 0 Å². The van der Waals surface area contributed by atoms with Gasteiger partial charge in [0, 0.05) is 30.8 Å². The van der Waals surface area contributed by atoms with E-state index in [-0.39, 0.29) is 11.8 Å². The number of hydrogen-bond donors (Lipinski definition) is 1. The normalized spacial score (nSPS) is 17.3. The lowest BCUT2D eigenvalue weighted by molar-refractivity contribution is -0.132. The van der Waals surface area contributed by atoms with Gasteiger partial charge in [-0.3, -0.25) is 9.48 Å². The maximum Gasteiger partial charge on any atom is 0.224 e. The Kier molecular flexibility index (Phi) is 4.54. The van der Waals surface area contributed by atoms with Crippen LogP contribution in [0.15, 0.2) is 48.7 Å². The zero-order valence-electron chi connectivity index (χ0n) is 16.6. The molecule has 1 unspecified atom stereocenters. The number of rotatable bonds is 4. The highest BCUT2D eigenvalue weighted by Gasteiger charge is 2.26. The average molecular weight is 387 g/mol. The largest absolute Gasteiger partial charge is 0.342 e. The van der Waals surface area contributed by atoms with Crippen LogP contribution in [0, 0.1) is 6.92 Å². The second-order valence-electron chi connectivity index (χ2n) is 7.94. The zero-order valence-corrected chi connectivity index (χ0v) is 16.6. The smallest absolute Gasteiger partial charge is 0.224 e. The number of fused-ring (bicyclic) bond motifs is 2. The predicted molar refractivity (Wildman–Crippen MR) is 114 cm³/mol. The highest BCUT2D eigenvalue weighted by molar-refractivity contribution is 5.82. The molecule has 6 nitrogen and oxygen atoms in total. The minimum absolute atomic E-state index is 0.196. The molecule has 0 bridgehead atoms. The molecule has 3 heterocycles. The van der Waals surface area contributed by atoms with Gasteiger partial charge < -0.3 is 9.88 Å². The van der Waals surface area contributed by atoms with Gasteiger partial charge in [-0.15, -0.1) is 0 Å². The molecule has 2 aromatic carbocycles. The number of carbonyl (C=O) groups excluding carboxylic acids is 1. The van der Waals surface area contributed by atoms with Gasteiger partial charge in [0.15, 0.2) is 0 Å². The first-order chi connectivity index (χ1) is 14.2. The van der Waals surface area contributed by atoms with Crippen molar-refractivity contribution < 1.29 is 4.79 Å². The molecule has 0 radical (unpaired) electrons. The Morgan fingerprint density at radius 2 is 2.10 bits per heavy atom. The van der Waals surface area contributed by atoms with E-state index in [0.29, 0.717) is 13.0 Å². The topological polar surface area (TPSA) is 66.8 Å². The number of nitrogens with zero attached hydrogens (tertiary/aromatic N) is 4. The lowest BCUT2D eigenvalue weighted by atomic mass is 9.97. The number of aromatic nitrogens is 4. The molecule has 1 amide bonds. The van der Waals surface area contributed by atoms with E-state index in [9.17, 15) is 4.79 Å². The zero-order chi connectivity index (χ0) is 19.8. The van der Waals surface area contributed by atoms with Crippen molar-refractivity contribution in [3.63, 3.8) is 0 Å². The first-order valence-corrected chi connectivity index (χ1v) is 10.3. The number of para-hydroxylation sites is 2. The third kappa shape index (κ3) is 3.39. The Morgan fingerprint density at radius 3 is 3.00 bits per heavy atom. The molecule has 1 saturated heterocycles. The van der Waals surface area contributed by atoms with Crippen molar-refractivity contribution in [2.75, 3.05) is 13.1 Å². The van der Waals surface area contributed by atoms with E-state index in [2.05, 4.69) is 29.1 Å². The first-order valence-electron chi connectivity index (χ1n) is 10.3. The van der Waals surface area contributed by atoms with Crippen molar-refractivity contribution in [2.24, 2.45) is 0 Å². The van der Waals surface area contributed by atoms with E-state index in [4.69, 9.17) is 4.98 Å². The molecular formula is C23H25N5O. The minimum Gasteiger partial charge on any atom is -0.342 e. The van der Waals surface area contributed by atoms with Gasteiger partial charge in [0.05, 0.1) is 29.3 Å². The Labute approximate surface area is 169 Å². The number of aromatic amines is 1. The molecule has 0 aliphatic carbocycles. The molecule has 1 atom stereocenters. The monoisotopic (exact) mass is 387 g/mol. The molecule has 1 N–H and O–H groups in total. The van der Waals surface area contributed by atoms with Crippen molar-refractivity contribution in [3.05, 3.63) is 60.0 Å². The number of hydrogen-bond acceptors (Lipinski definition) is 3. The summed E-state index contributed by atoms with van der Waals surface area (Å²) in [5.41, 5.74) is 4.36. The number of amides is 1. The van der Waals surface area contributed by atoms with E-state index >= 15 is 0 Å². The highest BCUT2D eigenvalue weighted by atomic mass is 16.2. The number of nitrogens with one attached hydrogen (secondary N) is 1. The lowest BCUT2D eigenvalue weighted by Gasteiger charge is -2.32. The van der Waals surface area contributed by atoms with E-state index in [1.807, 2.05) is 46.1 Å². The SMILES string of the molecule is Cc1cccc2c1cnn2CCC(=O)N1CCCC(c2nc3ccccc3[nH]2)C1. The summed E-state index contributed by atoms with van der Waals surface area (Å²) in [7, 11) is 0. The maximum atomic E-state index is 12.9. The molecule has 2 aromatic heterocycles. The van der Waals surface area contributed by atoms with E-state index in [0.717, 1.165) is 53.7 Å². The quantitative estimate of drug-likeness (QED) is 0.575. The fraction of sp³-hybridized carbons (Fsp3) is 0.348. The van der Waals surface area contributed by atoms with Crippen molar-refractivity contribution in [1.29, 1.82) is 0 Å². The summed E-state index contributed by atoms with van der Waals surface area (Å²) in [6, 6.07) is 14.3. The van der Waals surface area contributed by atoms with Crippen LogP contribution in [0.1, 0.15) is 36.6 Å². The van der Waals surface area contributed by atoms with Crippen LogP contribution in [-0.2, 0) is 11.3 Å². The molecule has 0 spiro atoms. The molecule has 4 aromatic rings. The molecule has 1 fully saturated rings. The second-order valence-corrected chi connectivity index (χ2v) is 7.94. The van der Waals surface area contributed by atoms with Gasteiger partial charge in [-0.05, 0) is 43.5 Å². The first kappa shape index (κ1) is 17.9. The van der Waals surface area contributed by atoms with Crippen LogP contribution in [0.2, 0.25) is 0 Å². The Hall–Kier alpha value is -3.15. The number of H-pyrrole nitrogens is 1. The summed E-state index contributed by atoms with van der Waals surface area (Å²) in [6.07, 6.45) is 4.44. The molecular weight excluding hydrogens is 362 g/mol. The van der Waals surface area contributed by atoms with E-state index in [1.54, 1.807) is 0 Å². The summed E-state index contributed by atoms with van der Waals surface area (Å²) in [6.45, 7) is 4.26. The molecule has 29 heavy (non-hydrogen) atoms. The number of imidazole rings is 1. The average Bonchev–Trinajstić information content (AvgIpc) is 3.37. The van der Waals surface area contributed by atoms with Gasteiger partial charge in [0.1, 0.15) is 5.82 Å². The summed E-state index contributed by atoms with van der Waals surface area (Å²) < 4.78 is 1.95. The summed E-state index contributed by atoms with van der Waals surface area (Å²) in [5.74, 6) is 1.47. The highest BCUT2D eigenvalue weighted by Crippen LogP contribution is 2.27. The molecule has 6 heteroatoms. The Morgan fingerprint density at radius 1 is 1.21 bits per heavy atom. The van der Waals surface area contributed by atoms with Gasteiger partial charge in [0.25, 0.3) is 0 Å². The third-order valence-electron chi connectivity index (χ3n) is 6.01. The lowest BCUT2D eigenvalue weighted by Crippen LogP contribution is -2.39. The molecule has 5 rings (SSSR count). The molecule has 148 valence electrons.